The number of nitrogens with zero attached hydrogens (tertiary/aromatic N) is 1. The van der Waals surface area contributed by atoms with E-state index in [4.69, 9.17) is 11.6 Å². The first-order valence-corrected chi connectivity index (χ1v) is 7.30. The molecule has 4 heteroatoms. The van der Waals surface area contributed by atoms with Crippen molar-refractivity contribution in [3.05, 3.63) is 24.3 Å². The highest BCUT2D eigenvalue weighted by Crippen LogP contribution is 2.29. The molecule has 1 atom stereocenters. The van der Waals surface area contributed by atoms with Crippen LogP contribution in [0.25, 0.3) is 0 Å². The summed E-state index contributed by atoms with van der Waals surface area (Å²) in [6, 6.07) is 7.94. The van der Waals surface area contributed by atoms with Crippen LogP contribution in [0.4, 0.5) is 11.4 Å². The molecule has 1 aromatic rings. The Kier molecular flexibility index (Phi) is 4.70. The maximum atomic E-state index is 11.7. The number of hydrogen-bond acceptors (Lipinski definition) is 2. The fourth-order valence-electron chi connectivity index (χ4n) is 2.34. The van der Waals surface area contributed by atoms with E-state index in [-0.39, 0.29) is 5.91 Å². The van der Waals surface area contributed by atoms with Gasteiger partial charge in [-0.1, -0.05) is 19.1 Å². The molecule has 104 valence electrons. The number of carbonyl (C=O) groups excluding carboxylic acids is 1. The second kappa shape index (κ2) is 6.29. The lowest BCUT2D eigenvalue weighted by atomic mass is 9.98. The minimum atomic E-state index is -0.519. The predicted molar refractivity (Wildman–Crippen MR) is 81.0 cm³/mol. The average Bonchev–Trinajstić information content (AvgIpc) is 2.40. The molecule has 0 aliphatic carbocycles. The highest BCUT2D eigenvalue weighted by Gasteiger charge is 2.19. The molecular formula is C15H21ClN2O. The summed E-state index contributed by atoms with van der Waals surface area (Å²) in [6.45, 7) is 6.07. The van der Waals surface area contributed by atoms with Gasteiger partial charge in [-0.15, -0.1) is 11.6 Å². The highest BCUT2D eigenvalue weighted by molar-refractivity contribution is 6.32. The van der Waals surface area contributed by atoms with E-state index in [9.17, 15) is 4.79 Å². The number of hydrogen-bond donors (Lipinski definition) is 1. The van der Waals surface area contributed by atoms with Gasteiger partial charge in [0.15, 0.2) is 0 Å². The third-order valence-corrected chi connectivity index (χ3v) is 3.85. The Morgan fingerprint density at radius 3 is 2.63 bits per heavy atom. The molecule has 0 spiro atoms. The lowest BCUT2D eigenvalue weighted by Gasteiger charge is -2.33. The Hall–Kier alpha value is -1.22. The number of rotatable bonds is 3. The minimum Gasteiger partial charge on any atom is -0.370 e. The Bertz CT molecular complexity index is 440. The summed E-state index contributed by atoms with van der Waals surface area (Å²) in [5, 5.41) is 2.39. The van der Waals surface area contributed by atoms with Crippen molar-refractivity contribution in [1.29, 1.82) is 0 Å². The monoisotopic (exact) mass is 280 g/mol. The van der Waals surface area contributed by atoms with Crippen LogP contribution in [0.15, 0.2) is 24.3 Å². The number of halogens is 1. The summed E-state index contributed by atoms with van der Waals surface area (Å²) in [5.74, 6) is 0.639. The van der Waals surface area contributed by atoms with E-state index in [2.05, 4.69) is 23.2 Å². The standard InChI is InChI=1S/C15H21ClN2O/c1-11-7-9-18(10-8-11)14-6-4-3-5-13(14)17-15(19)12(2)16/h3-6,11-12H,7-10H2,1-2H3,(H,17,19). The summed E-state index contributed by atoms with van der Waals surface area (Å²) in [6.07, 6.45) is 2.41. The van der Waals surface area contributed by atoms with Gasteiger partial charge in [0.2, 0.25) is 5.91 Å². The van der Waals surface area contributed by atoms with Gasteiger partial charge in [-0.25, -0.2) is 0 Å². The molecule has 1 aromatic carbocycles. The zero-order valence-corrected chi connectivity index (χ0v) is 12.3. The van der Waals surface area contributed by atoms with E-state index < -0.39 is 5.38 Å². The normalized spacial score (nSPS) is 18.2. The second-order valence-electron chi connectivity index (χ2n) is 5.29. The molecule has 2 rings (SSSR count). The van der Waals surface area contributed by atoms with Crippen LogP contribution in [0.3, 0.4) is 0 Å². The number of piperidine rings is 1. The third-order valence-electron chi connectivity index (χ3n) is 3.65. The summed E-state index contributed by atoms with van der Waals surface area (Å²) < 4.78 is 0. The Morgan fingerprint density at radius 1 is 1.37 bits per heavy atom. The molecule has 1 amide bonds. The van der Waals surface area contributed by atoms with Crippen LogP contribution in [-0.4, -0.2) is 24.4 Å². The van der Waals surface area contributed by atoms with E-state index in [0.717, 1.165) is 30.4 Å². The number of carbonyl (C=O) groups is 1. The van der Waals surface area contributed by atoms with Gasteiger partial charge in [0.05, 0.1) is 11.4 Å². The number of amides is 1. The summed E-state index contributed by atoms with van der Waals surface area (Å²) in [7, 11) is 0. The fraction of sp³-hybridized carbons (Fsp3) is 0.533. The van der Waals surface area contributed by atoms with Crippen molar-refractivity contribution >= 4 is 28.9 Å². The fourth-order valence-corrected chi connectivity index (χ4v) is 2.39. The maximum absolute atomic E-state index is 11.7. The zero-order chi connectivity index (χ0) is 13.8. The second-order valence-corrected chi connectivity index (χ2v) is 5.95. The molecular weight excluding hydrogens is 260 g/mol. The van der Waals surface area contributed by atoms with Gasteiger partial charge >= 0.3 is 0 Å². The van der Waals surface area contributed by atoms with Crippen molar-refractivity contribution in [1.82, 2.24) is 0 Å². The Morgan fingerprint density at radius 2 is 2.00 bits per heavy atom. The molecule has 0 saturated carbocycles. The van der Waals surface area contributed by atoms with Crippen molar-refractivity contribution in [2.75, 3.05) is 23.3 Å². The topological polar surface area (TPSA) is 32.3 Å². The number of anilines is 2. The van der Waals surface area contributed by atoms with Gasteiger partial charge in [-0.3, -0.25) is 4.79 Å². The van der Waals surface area contributed by atoms with E-state index in [1.165, 1.54) is 12.8 Å². The minimum absolute atomic E-state index is 0.153. The number of benzene rings is 1. The molecule has 1 saturated heterocycles. The molecule has 1 unspecified atom stereocenters. The molecule has 0 radical (unpaired) electrons. The lowest BCUT2D eigenvalue weighted by molar-refractivity contribution is -0.115. The van der Waals surface area contributed by atoms with Crippen LogP contribution in [0.1, 0.15) is 26.7 Å². The van der Waals surface area contributed by atoms with E-state index in [1.54, 1.807) is 6.92 Å². The SMILES string of the molecule is CC1CCN(c2ccccc2NC(=O)C(C)Cl)CC1. The van der Waals surface area contributed by atoms with E-state index in [1.807, 2.05) is 18.2 Å². The first kappa shape index (κ1) is 14.2. The zero-order valence-electron chi connectivity index (χ0n) is 11.5. The van der Waals surface area contributed by atoms with Crippen LogP contribution in [0.5, 0.6) is 0 Å². The van der Waals surface area contributed by atoms with E-state index >= 15 is 0 Å². The largest absolute Gasteiger partial charge is 0.370 e. The van der Waals surface area contributed by atoms with Crippen molar-refractivity contribution in [2.24, 2.45) is 5.92 Å². The number of alkyl halides is 1. The predicted octanol–water partition coefficient (Wildman–Crippen LogP) is 3.49. The number of nitrogens with one attached hydrogen (secondary N) is 1. The van der Waals surface area contributed by atoms with Crippen LogP contribution < -0.4 is 10.2 Å². The van der Waals surface area contributed by atoms with Gasteiger partial charge in [0, 0.05) is 13.1 Å². The van der Waals surface area contributed by atoms with Crippen LogP contribution in [0.2, 0.25) is 0 Å². The molecule has 0 aromatic heterocycles. The summed E-state index contributed by atoms with van der Waals surface area (Å²) in [4.78, 5) is 14.1. The molecule has 1 aliphatic heterocycles. The van der Waals surface area contributed by atoms with Crippen LogP contribution in [-0.2, 0) is 4.79 Å². The average molecular weight is 281 g/mol. The molecule has 1 N–H and O–H groups in total. The molecule has 1 heterocycles. The van der Waals surface area contributed by atoms with Gasteiger partial charge in [-0.2, -0.15) is 0 Å². The van der Waals surface area contributed by atoms with Gasteiger partial charge < -0.3 is 10.2 Å². The van der Waals surface area contributed by atoms with E-state index in [0.29, 0.717) is 0 Å². The van der Waals surface area contributed by atoms with Crippen molar-refractivity contribution in [2.45, 2.75) is 32.1 Å². The maximum Gasteiger partial charge on any atom is 0.242 e. The van der Waals surface area contributed by atoms with Crippen LogP contribution >= 0.6 is 11.6 Å². The van der Waals surface area contributed by atoms with Crippen molar-refractivity contribution in [3.8, 4) is 0 Å². The summed E-state index contributed by atoms with van der Waals surface area (Å²) >= 11 is 5.81. The van der Waals surface area contributed by atoms with Gasteiger partial charge in [-0.05, 0) is 37.8 Å². The molecule has 3 nitrogen and oxygen atoms in total. The summed E-state index contributed by atoms with van der Waals surface area (Å²) in [5.41, 5.74) is 1.95. The smallest absolute Gasteiger partial charge is 0.242 e. The van der Waals surface area contributed by atoms with Crippen molar-refractivity contribution in [3.63, 3.8) is 0 Å². The third kappa shape index (κ3) is 3.63. The number of para-hydroxylation sites is 2. The molecule has 0 bridgehead atoms. The first-order valence-electron chi connectivity index (χ1n) is 6.87. The first-order chi connectivity index (χ1) is 9.08. The van der Waals surface area contributed by atoms with Gasteiger partial charge in [0.25, 0.3) is 0 Å². The molecule has 19 heavy (non-hydrogen) atoms. The highest BCUT2D eigenvalue weighted by atomic mass is 35.5. The van der Waals surface area contributed by atoms with Gasteiger partial charge in [0.1, 0.15) is 5.38 Å². The van der Waals surface area contributed by atoms with Crippen molar-refractivity contribution < 1.29 is 4.79 Å². The van der Waals surface area contributed by atoms with Crippen LogP contribution in [0, 0.1) is 5.92 Å². The lowest BCUT2D eigenvalue weighted by Crippen LogP contribution is -2.33. The Balaban J connectivity index is 2.14. The Labute approximate surface area is 119 Å². The quantitative estimate of drug-likeness (QED) is 0.860. The molecule has 1 aliphatic rings. The molecule has 1 fully saturated rings.